The maximum atomic E-state index is 12.3. The van der Waals surface area contributed by atoms with E-state index in [0.29, 0.717) is 18.8 Å². The molecule has 0 spiro atoms. The molecule has 3 N–H and O–H groups in total. The van der Waals surface area contributed by atoms with Crippen LogP contribution in [0.25, 0.3) is 0 Å². The van der Waals surface area contributed by atoms with Crippen LogP contribution in [-0.4, -0.2) is 43.3 Å². The average molecular weight is 301 g/mol. The van der Waals surface area contributed by atoms with Crippen LogP contribution >= 0.6 is 11.8 Å². The lowest BCUT2D eigenvalue weighted by atomic mass is 10.3. The summed E-state index contributed by atoms with van der Waals surface area (Å²) in [7, 11) is -3.43. The van der Waals surface area contributed by atoms with Crippen molar-refractivity contribution < 1.29 is 13.2 Å². The Kier molecular flexibility index (Phi) is 4.33. The number of hydrogen-bond donors (Lipinski definition) is 2. The number of nitrogens with one attached hydrogen (secondary N) is 1. The molecule has 6 nitrogen and oxygen atoms in total. The largest absolute Gasteiger partial charge is 0.351 e. The van der Waals surface area contributed by atoms with Gasteiger partial charge in [-0.1, -0.05) is 0 Å². The summed E-state index contributed by atoms with van der Waals surface area (Å²) in [6.07, 6.45) is 0. The molecule has 1 fully saturated rings. The van der Waals surface area contributed by atoms with E-state index in [2.05, 4.69) is 5.32 Å². The summed E-state index contributed by atoms with van der Waals surface area (Å²) in [5.74, 6) is 1.64. The Labute approximate surface area is 116 Å². The van der Waals surface area contributed by atoms with Gasteiger partial charge >= 0.3 is 6.03 Å². The normalized spacial score (nSPS) is 17.1. The van der Waals surface area contributed by atoms with Crippen LogP contribution in [0.2, 0.25) is 0 Å². The number of benzene rings is 1. The maximum absolute atomic E-state index is 12.3. The van der Waals surface area contributed by atoms with Crippen LogP contribution in [0.1, 0.15) is 0 Å². The molecule has 0 aromatic heterocycles. The van der Waals surface area contributed by atoms with Crippen molar-refractivity contribution in [2.45, 2.75) is 4.90 Å². The Balaban J connectivity index is 2.18. The van der Waals surface area contributed by atoms with Gasteiger partial charge in [-0.3, -0.25) is 0 Å². The Morgan fingerprint density at radius 1 is 1.21 bits per heavy atom. The molecule has 0 atom stereocenters. The number of urea groups is 1. The first-order chi connectivity index (χ1) is 9.00. The van der Waals surface area contributed by atoms with Crippen LogP contribution in [0.3, 0.4) is 0 Å². The van der Waals surface area contributed by atoms with Crippen molar-refractivity contribution in [1.82, 2.24) is 4.31 Å². The molecule has 1 saturated heterocycles. The number of primary amides is 1. The molecule has 0 saturated carbocycles. The third-order valence-corrected chi connectivity index (χ3v) is 5.59. The minimum absolute atomic E-state index is 0.231. The number of amides is 2. The highest BCUT2D eigenvalue weighted by Gasteiger charge is 2.25. The zero-order valence-electron chi connectivity index (χ0n) is 10.2. The van der Waals surface area contributed by atoms with Gasteiger partial charge in [0.15, 0.2) is 0 Å². The molecular weight excluding hydrogens is 286 g/mol. The molecule has 1 heterocycles. The van der Waals surface area contributed by atoms with Crippen LogP contribution in [0.5, 0.6) is 0 Å². The van der Waals surface area contributed by atoms with Crippen LogP contribution in [0.4, 0.5) is 10.5 Å². The first kappa shape index (κ1) is 14.2. The van der Waals surface area contributed by atoms with Crippen molar-refractivity contribution in [3.8, 4) is 0 Å². The predicted octanol–water partition coefficient (Wildman–Crippen LogP) is 0.915. The van der Waals surface area contributed by atoms with E-state index in [1.54, 1.807) is 11.8 Å². The summed E-state index contributed by atoms with van der Waals surface area (Å²) in [4.78, 5) is 10.9. The monoisotopic (exact) mass is 301 g/mol. The van der Waals surface area contributed by atoms with Crippen LogP contribution in [-0.2, 0) is 10.0 Å². The van der Waals surface area contributed by atoms with Gasteiger partial charge in [-0.15, -0.1) is 0 Å². The minimum Gasteiger partial charge on any atom is -0.351 e. The topological polar surface area (TPSA) is 92.5 Å². The predicted molar refractivity (Wildman–Crippen MR) is 75.7 cm³/mol. The SMILES string of the molecule is NC(=O)Nc1ccc(S(=O)(=O)N2CCSCC2)cc1. The molecule has 104 valence electrons. The summed E-state index contributed by atoms with van der Waals surface area (Å²) in [5, 5.41) is 2.39. The Bertz CT molecular complexity index is 551. The Morgan fingerprint density at radius 3 is 2.32 bits per heavy atom. The van der Waals surface area contributed by atoms with Gasteiger partial charge in [0.25, 0.3) is 0 Å². The lowest BCUT2D eigenvalue weighted by Crippen LogP contribution is -2.37. The first-order valence-electron chi connectivity index (χ1n) is 5.74. The molecule has 1 aliphatic heterocycles. The molecule has 1 aliphatic rings. The molecule has 0 radical (unpaired) electrons. The Hall–Kier alpha value is -1.25. The van der Waals surface area contributed by atoms with E-state index in [0.717, 1.165) is 11.5 Å². The summed E-state index contributed by atoms with van der Waals surface area (Å²) < 4.78 is 26.1. The molecule has 2 amide bonds. The van der Waals surface area contributed by atoms with Gasteiger partial charge in [-0.2, -0.15) is 16.1 Å². The molecule has 19 heavy (non-hydrogen) atoms. The highest BCUT2D eigenvalue weighted by Crippen LogP contribution is 2.21. The lowest BCUT2D eigenvalue weighted by Gasteiger charge is -2.25. The number of rotatable bonds is 3. The number of sulfonamides is 1. The van der Waals surface area contributed by atoms with Crippen molar-refractivity contribution in [1.29, 1.82) is 0 Å². The van der Waals surface area contributed by atoms with E-state index >= 15 is 0 Å². The minimum atomic E-state index is -3.43. The molecular formula is C11H15N3O3S2. The fraction of sp³-hybridized carbons (Fsp3) is 0.364. The third-order valence-electron chi connectivity index (χ3n) is 2.73. The van der Waals surface area contributed by atoms with E-state index in [1.165, 1.54) is 28.6 Å². The van der Waals surface area contributed by atoms with E-state index < -0.39 is 16.1 Å². The van der Waals surface area contributed by atoms with Crippen LogP contribution in [0, 0.1) is 0 Å². The third kappa shape index (κ3) is 3.40. The second-order valence-electron chi connectivity index (χ2n) is 4.03. The molecule has 2 rings (SSSR count). The van der Waals surface area contributed by atoms with Crippen molar-refractivity contribution in [2.24, 2.45) is 5.73 Å². The smallest absolute Gasteiger partial charge is 0.316 e. The zero-order chi connectivity index (χ0) is 13.9. The van der Waals surface area contributed by atoms with Gasteiger partial charge in [0.2, 0.25) is 10.0 Å². The van der Waals surface area contributed by atoms with Gasteiger partial charge in [0, 0.05) is 30.3 Å². The number of carbonyl (C=O) groups is 1. The van der Waals surface area contributed by atoms with Gasteiger partial charge in [0.1, 0.15) is 0 Å². The molecule has 8 heteroatoms. The van der Waals surface area contributed by atoms with Crippen molar-refractivity contribution >= 4 is 33.5 Å². The summed E-state index contributed by atoms with van der Waals surface area (Å²) >= 11 is 1.75. The second-order valence-corrected chi connectivity index (χ2v) is 7.19. The van der Waals surface area contributed by atoms with E-state index in [1.807, 2.05) is 0 Å². The Morgan fingerprint density at radius 2 is 1.79 bits per heavy atom. The van der Waals surface area contributed by atoms with Crippen molar-refractivity contribution in [2.75, 3.05) is 29.9 Å². The number of thioether (sulfide) groups is 1. The summed E-state index contributed by atoms with van der Waals surface area (Å²) in [5.41, 5.74) is 5.46. The summed E-state index contributed by atoms with van der Waals surface area (Å²) in [6.45, 7) is 1.07. The molecule has 0 bridgehead atoms. The van der Waals surface area contributed by atoms with Gasteiger partial charge in [-0.25, -0.2) is 13.2 Å². The van der Waals surface area contributed by atoms with Gasteiger partial charge in [0.05, 0.1) is 4.90 Å². The van der Waals surface area contributed by atoms with Crippen molar-refractivity contribution in [3.63, 3.8) is 0 Å². The van der Waals surface area contributed by atoms with Gasteiger partial charge in [-0.05, 0) is 24.3 Å². The molecule has 1 aromatic carbocycles. The van der Waals surface area contributed by atoms with Crippen LogP contribution in [0.15, 0.2) is 29.2 Å². The standard InChI is InChI=1S/C11H15N3O3S2/c12-11(15)13-9-1-3-10(4-2-9)19(16,17)14-5-7-18-8-6-14/h1-4H,5-8H2,(H3,12,13,15). The molecule has 0 aliphatic carbocycles. The summed E-state index contributed by atoms with van der Waals surface area (Å²) in [6, 6.07) is 5.32. The molecule has 1 aromatic rings. The molecule has 0 unspecified atom stereocenters. The van der Waals surface area contributed by atoms with E-state index in [9.17, 15) is 13.2 Å². The number of nitrogens with two attached hydrogens (primary N) is 1. The maximum Gasteiger partial charge on any atom is 0.316 e. The first-order valence-corrected chi connectivity index (χ1v) is 8.34. The van der Waals surface area contributed by atoms with Gasteiger partial charge < -0.3 is 11.1 Å². The highest BCUT2D eigenvalue weighted by molar-refractivity contribution is 7.99. The highest BCUT2D eigenvalue weighted by atomic mass is 32.2. The van der Waals surface area contributed by atoms with Crippen molar-refractivity contribution in [3.05, 3.63) is 24.3 Å². The van der Waals surface area contributed by atoms with Crippen LogP contribution < -0.4 is 11.1 Å². The fourth-order valence-electron chi connectivity index (χ4n) is 1.79. The quantitative estimate of drug-likeness (QED) is 0.868. The zero-order valence-corrected chi connectivity index (χ0v) is 11.8. The average Bonchev–Trinajstić information content (AvgIpc) is 2.40. The number of anilines is 1. The lowest BCUT2D eigenvalue weighted by molar-refractivity contribution is 0.259. The number of carbonyl (C=O) groups excluding carboxylic acids is 1. The fourth-order valence-corrected chi connectivity index (χ4v) is 4.36. The second kappa shape index (κ2) is 5.81. The number of hydrogen-bond acceptors (Lipinski definition) is 4. The van der Waals surface area contributed by atoms with E-state index in [4.69, 9.17) is 5.73 Å². The van der Waals surface area contributed by atoms with E-state index in [-0.39, 0.29) is 4.90 Å². The number of nitrogens with zero attached hydrogens (tertiary/aromatic N) is 1.